The van der Waals surface area contributed by atoms with Crippen LogP contribution in [0.2, 0.25) is 0 Å². The van der Waals surface area contributed by atoms with Gasteiger partial charge in [0.1, 0.15) is 0 Å². The van der Waals surface area contributed by atoms with Crippen LogP contribution in [0.5, 0.6) is 0 Å². The van der Waals surface area contributed by atoms with Gasteiger partial charge in [-0.3, -0.25) is 4.70 Å². The van der Waals surface area contributed by atoms with Gasteiger partial charge in [-0.25, -0.2) is 0 Å². The van der Waals surface area contributed by atoms with E-state index in [9.17, 15) is 0 Å². The van der Waals surface area contributed by atoms with Crippen LogP contribution in [-0.4, -0.2) is 18.9 Å². The first-order valence-corrected chi connectivity index (χ1v) is 0. The third kappa shape index (κ3) is 8.88. The van der Waals surface area contributed by atoms with Crippen molar-refractivity contribution in [3.05, 3.63) is 0 Å². The van der Waals surface area contributed by atoms with Gasteiger partial charge in [-0.1, -0.05) is 0 Å². The fourth-order valence-corrected chi connectivity index (χ4v) is 0. The minimum absolute atomic E-state index is 0. The third-order valence-corrected chi connectivity index (χ3v) is 0. The number of hydrogen-bond donors (Lipinski definition) is 0. The molecule has 0 aromatic heterocycles. The molecular weight excluding hydrogens is 259 g/mol. The molecule has 0 aliphatic heterocycles. The maximum Gasteiger partial charge on any atom is 0 e. The quantitative estimate of drug-likeness (QED) is 0.516. The van der Waals surface area contributed by atoms with E-state index in [4.69, 9.17) is 0 Å². The SMILES string of the molecule is F.[LiH].[Nd].[Y]. The number of rotatable bonds is 0. The van der Waals surface area contributed by atoms with Gasteiger partial charge in [-0.15, -0.1) is 0 Å². The molecule has 4 heteroatoms. The van der Waals surface area contributed by atoms with Crippen molar-refractivity contribution in [2.75, 3.05) is 0 Å². The standard InChI is InChI=1S/FH.Li.Nd.Y.H/h1H;;;;. The molecule has 0 spiro atoms. The summed E-state index contributed by atoms with van der Waals surface area (Å²) >= 11 is 0. The first-order valence-electron chi connectivity index (χ1n) is 0. The Morgan fingerprint density at radius 2 is 1.00 bits per heavy atom. The molecule has 0 saturated heterocycles. The van der Waals surface area contributed by atoms with Crippen LogP contribution in [-0.2, 0) is 32.7 Å². The molecule has 0 aromatic carbocycles. The topological polar surface area (TPSA) is 0 Å². The zero-order valence-electron chi connectivity index (χ0n) is 1.49. The smallest absolute Gasteiger partial charge is 0 e. The van der Waals surface area contributed by atoms with Crippen LogP contribution in [0.3, 0.4) is 0 Å². The normalized spacial score (nSPS) is 0. The molecule has 0 N–H and O–H groups in total. The molecule has 0 unspecified atom stereocenters. The fraction of sp³-hybridized carbons (Fsp3) is 0. The average Bonchev–Trinajstić information content (AvgIpc) is 0. The van der Waals surface area contributed by atoms with Gasteiger partial charge in [0.15, 0.2) is 0 Å². The van der Waals surface area contributed by atoms with Crippen molar-refractivity contribution in [3.63, 3.8) is 0 Å². The maximum absolute atomic E-state index is 0. The summed E-state index contributed by atoms with van der Waals surface area (Å²) in [5.74, 6) is 0. The van der Waals surface area contributed by atoms with Gasteiger partial charge in [0, 0.05) is 73.5 Å². The first-order chi connectivity index (χ1) is 0. The summed E-state index contributed by atoms with van der Waals surface area (Å²) in [5.41, 5.74) is 0. The van der Waals surface area contributed by atoms with Crippen LogP contribution in [0.25, 0.3) is 0 Å². The van der Waals surface area contributed by atoms with Crippen molar-refractivity contribution in [1.29, 1.82) is 0 Å². The van der Waals surface area contributed by atoms with E-state index in [1.54, 1.807) is 0 Å². The molecule has 0 bridgehead atoms. The van der Waals surface area contributed by atoms with Crippen LogP contribution in [0, 0.1) is 40.8 Å². The van der Waals surface area contributed by atoms with Gasteiger partial charge in [-0.2, -0.15) is 0 Å². The molecule has 0 fully saturated rings. The summed E-state index contributed by atoms with van der Waals surface area (Å²) in [7, 11) is 0. The summed E-state index contributed by atoms with van der Waals surface area (Å²) in [6.45, 7) is 0. The second-order valence-electron chi connectivity index (χ2n) is 0. The first kappa shape index (κ1) is 28.1. The summed E-state index contributed by atoms with van der Waals surface area (Å²) in [4.78, 5) is 0. The van der Waals surface area contributed by atoms with Gasteiger partial charge < -0.3 is 0 Å². The molecule has 0 amide bonds. The van der Waals surface area contributed by atoms with E-state index in [0.717, 1.165) is 0 Å². The van der Waals surface area contributed by atoms with Crippen LogP contribution < -0.4 is 0 Å². The Balaban J connectivity index is 0. The van der Waals surface area contributed by atoms with Crippen molar-refractivity contribution in [1.82, 2.24) is 0 Å². The number of hydrogen-bond acceptors (Lipinski definition) is 0. The van der Waals surface area contributed by atoms with Crippen LogP contribution in [0.15, 0.2) is 0 Å². The molecule has 1 radical (unpaired) electrons. The molecule has 0 rings (SSSR count). The monoisotopic (exact) mass is 259 g/mol. The minimum atomic E-state index is 0. The third-order valence-electron chi connectivity index (χ3n) is 0. The molecule has 0 saturated carbocycles. The largest absolute Gasteiger partial charge is 0 e. The van der Waals surface area contributed by atoms with E-state index in [1.165, 1.54) is 0 Å². The summed E-state index contributed by atoms with van der Waals surface area (Å²) < 4.78 is 0. The zero-order chi connectivity index (χ0) is 0. The molecular formula is H2FLiNdY. The molecule has 0 aliphatic carbocycles. The fourth-order valence-electron chi connectivity index (χ4n) is 0. The molecule has 4 heavy (non-hydrogen) atoms. The van der Waals surface area contributed by atoms with Crippen LogP contribution >= 0.6 is 0 Å². The Labute approximate surface area is 94.8 Å². The van der Waals surface area contributed by atoms with Crippen LogP contribution in [0.4, 0.5) is 4.70 Å². The second kappa shape index (κ2) is 16.7. The zero-order valence-corrected chi connectivity index (χ0v) is 7.53. The minimum Gasteiger partial charge on any atom is 0 e. The molecule has 0 atom stereocenters. The van der Waals surface area contributed by atoms with E-state index in [2.05, 4.69) is 0 Å². The van der Waals surface area contributed by atoms with E-state index in [0.29, 0.717) is 0 Å². The predicted molar refractivity (Wildman–Crippen MR) is 9.65 cm³/mol. The Morgan fingerprint density at radius 3 is 1.00 bits per heavy atom. The Kier molecular flexibility index (Phi) is 117. The molecule has 0 heterocycles. The van der Waals surface area contributed by atoms with Crippen molar-refractivity contribution in [2.24, 2.45) is 0 Å². The number of halogens is 1. The van der Waals surface area contributed by atoms with Gasteiger partial charge in [0.25, 0.3) is 0 Å². The molecule has 0 aliphatic rings. The van der Waals surface area contributed by atoms with Gasteiger partial charge in [-0.05, 0) is 0 Å². The van der Waals surface area contributed by atoms with E-state index >= 15 is 0 Å². The van der Waals surface area contributed by atoms with Crippen LogP contribution in [0.1, 0.15) is 0 Å². The second-order valence-corrected chi connectivity index (χ2v) is 0. The maximum atomic E-state index is 0. The van der Waals surface area contributed by atoms with E-state index in [1.807, 2.05) is 0 Å². The van der Waals surface area contributed by atoms with Crippen molar-refractivity contribution >= 4 is 18.9 Å². The Bertz CT molecular complexity index is 8.00. The molecule has 17 valence electrons. The van der Waals surface area contributed by atoms with Gasteiger partial charge >= 0.3 is 18.9 Å². The molecule has 0 aromatic rings. The van der Waals surface area contributed by atoms with E-state index < -0.39 is 0 Å². The van der Waals surface area contributed by atoms with Crippen molar-refractivity contribution in [2.45, 2.75) is 0 Å². The predicted octanol–water partition coefficient (Wildman–Crippen LogP) is -0.498. The summed E-state index contributed by atoms with van der Waals surface area (Å²) in [6.07, 6.45) is 0. The van der Waals surface area contributed by atoms with Crippen molar-refractivity contribution in [3.8, 4) is 0 Å². The molecule has 0 nitrogen and oxygen atoms in total. The Morgan fingerprint density at radius 1 is 1.00 bits per heavy atom. The van der Waals surface area contributed by atoms with E-state index in [-0.39, 0.29) is 97.1 Å². The average molecular weight is 261 g/mol. The Hall–Kier alpha value is 2.98. The van der Waals surface area contributed by atoms with Gasteiger partial charge in [0.05, 0.1) is 0 Å². The van der Waals surface area contributed by atoms with Gasteiger partial charge in [0.2, 0.25) is 0 Å². The summed E-state index contributed by atoms with van der Waals surface area (Å²) in [6, 6.07) is 0. The summed E-state index contributed by atoms with van der Waals surface area (Å²) in [5, 5.41) is 0. The van der Waals surface area contributed by atoms with Crippen molar-refractivity contribution < 1.29 is 78.3 Å².